The topological polar surface area (TPSA) is 104 Å². The number of rotatable bonds is 8. The van der Waals surface area contributed by atoms with Gasteiger partial charge in [-0.05, 0) is 79.7 Å². The first-order valence-corrected chi connectivity index (χ1v) is 10.9. The molecule has 0 radical (unpaired) electrons. The van der Waals surface area contributed by atoms with Crippen molar-refractivity contribution in [1.29, 1.82) is 0 Å². The number of nitrogens with zero attached hydrogens (tertiary/aromatic N) is 3. The molecule has 0 aliphatic rings. The van der Waals surface area contributed by atoms with Crippen LogP contribution in [0.4, 0.5) is 43.7 Å². The van der Waals surface area contributed by atoms with Crippen LogP contribution in [0, 0.1) is 11.6 Å². The second kappa shape index (κ2) is 10.7. The van der Waals surface area contributed by atoms with E-state index in [1.807, 2.05) is 0 Å². The summed E-state index contributed by atoms with van der Waals surface area (Å²) in [6.45, 7) is 1.65. The fourth-order valence-electron chi connectivity index (χ4n) is 2.92. The van der Waals surface area contributed by atoms with Gasteiger partial charge in [0.2, 0.25) is 23.8 Å². The Morgan fingerprint density at radius 3 is 1.63 bits per heavy atom. The van der Waals surface area contributed by atoms with E-state index >= 15 is 0 Å². The van der Waals surface area contributed by atoms with Crippen LogP contribution in [0.1, 0.15) is 6.92 Å². The Balaban J connectivity index is 1.54. The molecule has 4 rings (SSSR count). The molecule has 4 N–H and O–H groups in total. The van der Waals surface area contributed by atoms with Crippen LogP contribution in [0.3, 0.4) is 0 Å². The minimum atomic E-state index is -0.717. The van der Waals surface area contributed by atoms with E-state index in [4.69, 9.17) is 11.6 Å². The van der Waals surface area contributed by atoms with Crippen molar-refractivity contribution in [3.8, 4) is 0 Å². The van der Waals surface area contributed by atoms with Crippen LogP contribution in [0.15, 0.2) is 72.8 Å². The zero-order chi connectivity index (χ0) is 24.8. The molecular weight excluding hydrogens is 476 g/mol. The molecule has 0 saturated carbocycles. The van der Waals surface area contributed by atoms with Gasteiger partial charge in [0.15, 0.2) is 0 Å². The summed E-state index contributed by atoms with van der Waals surface area (Å²) in [6, 6.07) is 17.3. The van der Waals surface area contributed by atoms with Crippen molar-refractivity contribution < 1.29 is 13.6 Å². The third kappa shape index (κ3) is 6.84. The van der Waals surface area contributed by atoms with E-state index in [1.165, 1.54) is 48.5 Å². The van der Waals surface area contributed by atoms with Crippen LogP contribution >= 0.6 is 11.6 Å². The molecule has 0 spiro atoms. The number of hydrogen-bond acceptors (Lipinski definition) is 7. The Bertz CT molecular complexity index is 1240. The van der Waals surface area contributed by atoms with Crippen LogP contribution in [0.5, 0.6) is 0 Å². The number of benzene rings is 3. The minimum Gasteiger partial charge on any atom is -0.342 e. The molecule has 8 nitrogen and oxygen atoms in total. The summed E-state index contributed by atoms with van der Waals surface area (Å²) < 4.78 is 26.5. The SMILES string of the molecule is C[C@@H](Nc1nc(Nc2ccc(F)cc2)nc(Nc2ccc(F)cc2)n1)C(=O)Nc1ccc(Cl)cc1. The molecule has 0 aliphatic carbocycles. The average Bonchev–Trinajstić information content (AvgIpc) is 2.83. The zero-order valence-electron chi connectivity index (χ0n) is 18.4. The predicted molar refractivity (Wildman–Crippen MR) is 132 cm³/mol. The summed E-state index contributed by atoms with van der Waals surface area (Å²) in [7, 11) is 0. The number of carbonyl (C=O) groups excluding carboxylic acids is 1. The van der Waals surface area contributed by atoms with Crippen molar-refractivity contribution in [2.45, 2.75) is 13.0 Å². The van der Waals surface area contributed by atoms with E-state index in [1.54, 1.807) is 31.2 Å². The standard InChI is InChI=1S/C24H20ClF2N7O/c1-14(21(35)29-18-8-2-15(25)3-9-18)28-22-32-23(30-19-10-4-16(26)5-11-19)34-24(33-22)31-20-12-6-17(27)7-13-20/h2-14H,1H3,(H,29,35)(H3,28,30,31,32,33,34)/t14-/m1/s1. The van der Waals surface area contributed by atoms with E-state index in [0.29, 0.717) is 22.1 Å². The lowest BCUT2D eigenvalue weighted by atomic mass is 10.2. The lowest BCUT2D eigenvalue weighted by Crippen LogP contribution is -2.32. The fourth-order valence-corrected chi connectivity index (χ4v) is 3.05. The number of nitrogens with one attached hydrogen (secondary N) is 4. The molecular formula is C24H20ClF2N7O. The third-order valence-corrected chi connectivity index (χ3v) is 4.94. The normalized spacial score (nSPS) is 11.4. The second-order valence-electron chi connectivity index (χ2n) is 7.43. The van der Waals surface area contributed by atoms with E-state index in [2.05, 4.69) is 36.2 Å². The maximum atomic E-state index is 13.3. The summed E-state index contributed by atoms with van der Waals surface area (Å²) in [4.78, 5) is 25.6. The van der Waals surface area contributed by atoms with Crippen LogP contribution < -0.4 is 21.3 Å². The molecule has 3 aromatic carbocycles. The van der Waals surface area contributed by atoms with E-state index < -0.39 is 6.04 Å². The largest absolute Gasteiger partial charge is 0.342 e. The average molecular weight is 496 g/mol. The van der Waals surface area contributed by atoms with Gasteiger partial charge in [0.25, 0.3) is 0 Å². The van der Waals surface area contributed by atoms with Crippen molar-refractivity contribution in [2.24, 2.45) is 0 Å². The van der Waals surface area contributed by atoms with Gasteiger partial charge in [-0.2, -0.15) is 15.0 Å². The third-order valence-electron chi connectivity index (χ3n) is 4.69. The Hall–Kier alpha value is -4.31. The number of halogens is 3. The monoisotopic (exact) mass is 495 g/mol. The molecule has 1 amide bonds. The number of amides is 1. The van der Waals surface area contributed by atoms with Crippen molar-refractivity contribution in [2.75, 3.05) is 21.3 Å². The van der Waals surface area contributed by atoms with Crippen molar-refractivity contribution >= 4 is 52.4 Å². The summed E-state index contributed by atoms with van der Waals surface area (Å²) >= 11 is 5.88. The first-order valence-electron chi connectivity index (χ1n) is 10.5. The fraction of sp³-hybridized carbons (Fsp3) is 0.0833. The molecule has 1 atom stereocenters. The smallest absolute Gasteiger partial charge is 0.246 e. The Labute approximate surface area is 204 Å². The van der Waals surface area contributed by atoms with Gasteiger partial charge < -0.3 is 21.3 Å². The van der Waals surface area contributed by atoms with Crippen LogP contribution in [-0.2, 0) is 4.79 Å². The van der Waals surface area contributed by atoms with E-state index in [0.717, 1.165) is 0 Å². The van der Waals surface area contributed by atoms with Gasteiger partial charge in [-0.1, -0.05) is 11.6 Å². The summed E-state index contributed by atoms with van der Waals surface area (Å²) in [5.41, 5.74) is 1.68. The van der Waals surface area contributed by atoms with Crippen molar-refractivity contribution in [3.05, 3.63) is 89.5 Å². The molecule has 0 saturated heterocycles. The van der Waals surface area contributed by atoms with Crippen LogP contribution in [0.2, 0.25) is 5.02 Å². The molecule has 0 aliphatic heterocycles. The highest BCUT2D eigenvalue weighted by Gasteiger charge is 2.16. The highest BCUT2D eigenvalue weighted by Crippen LogP contribution is 2.20. The molecule has 0 unspecified atom stereocenters. The number of carbonyl (C=O) groups is 1. The number of anilines is 6. The Morgan fingerprint density at radius 1 is 0.714 bits per heavy atom. The maximum Gasteiger partial charge on any atom is 0.246 e. The first-order chi connectivity index (χ1) is 16.8. The molecule has 4 aromatic rings. The van der Waals surface area contributed by atoms with Gasteiger partial charge in [-0.25, -0.2) is 8.78 Å². The quantitative estimate of drug-likeness (QED) is 0.247. The van der Waals surface area contributed by atoms with Crippen molar-refractivity contribution in [3.63, 3.8) is 0 Å². The molecule has 0 bridgehead atoms. The van der Waals surface area contributed by atoms with Crippen molar-refractivity contribution in [1.82, 2.24) is 15.0 Å². The lowest BCUT2D eigenvalue weighted by Gasteiger charge is -2.16. The highest BCUT2D eigenvalue weighted by molar-refractivity contribution is 6.30. The highest BCUT2D eigenvalue weighted by atomic mass is 35.5. The van der Waals surface area contributed by atoms with E-state index in [-0.39, 0.29) is 35.4 Å². The summed E-state index contributed by atoms with van der Waals surface area (Å²) in [6.07, 6.45) is 0. The van der Waals surface area contributed by atoms with Gasteiger partial charge in [-0.3, -0.25) is 4.79 Å². The number of hydrogen-bond donors (Lipinski definition) is 4. The lowest BCUT2D eigenvalue weighted by molar-refractivity contribution is -0.116. The summed E-state index contributed by atoms with van der Waals surface area (Å²) in [5.74, 6) is -0.699. The molecule has 0 fully saturated rings. The number of aromatic nitrogens is 3. The first kappa shape index (κ1) is 23.8. The molecule has 1 heterocycles. The molecule has 1 aromatic heterocycles. The van der Waals surface area contributed by atoms with Gasteiger partial charge in [-0.15, -0.1) is 0 Å². The molecule has 11 heteroatoms. The van der Waals surface area contributed by atoms with Gasteiger partial charge in [0.1, 0.15) is 17.7 Å². The molecule has 178 valence electrons. The maximum absolute atomic E-state index is 13.3. The summed E-state index contributed by atoms with van der Waals surface area (Å²) in [5, 5.41) is 12.2. The Kier molecular flexibility index (Phi) is 7.32. The van der Waals surface area contributed by atoms with Gasteiger partial charge >= 0.3 is 0 Å². The predicted octanol–water partition coefficient (Wildman–Crippen LogP) is 5.73. The van der Waals surface area contributed by atoms with E-state index in [9.17, 15) is 13.6 Å². The van der Waals surface area contributed by atoms with Gasteiger partial charge in [0, 0.05) is 22.1 Å². The minimum absolute atomic E-state index is 0.105. The Morgan fingerprint density at radius 2 is 1.14 bits per heavy atom. The molecule has 35 heavy (non-hydrogen) atoms. The van der Waals surface area contributed by atoms with Crippen LogP contribution in [-0.4, -0.2) is 26.9 Å². The second-order valence-corrected chi connectivity index (χ2v) is 7.87. The van der Waals surface area contributed by atoms with Crippen LogP contribution in [0.25, 0.3) is 0 Å². The zero-order valence-corrected chi connectivity index (χ0v) is 19.1. The van der Waals surface area contributed by atoms with Gasteiger partial charge in [0.05, 0.1) is 0 Å².